The van der Waals surface area contributed by atoms with E-state index in [9.17, 15) is 9.59 Å². The van der Waals surface area contributed by atoms with Gasteiger partial charge in [-0.3, -0.25) is 9.59 Å². The first-order chi connectivity index (χ1) is 22.5. The van der Waals surface area contributed by atoms with E-state index in [4.69, 9.17) is 18.9 Å². The standard InChI is InChI=1S/C36H38N4O6/c1-43-33-21-29(17-19-31(33)45-25-27-11-5-3-6-12-27)23-37-39-35(41)15-9-10-16-36(42)40-38-24-30-18-20-32(34(22-30)44-2)46-26-28-13-7-4-8-14-28/h3-8,11-14,17-24H,9-10,15-16,25-26H2,1-2H3,(H,39,41)(H,40,42). The Morgan fingerprint density at radius 3 is 1.39 bits per heavy atom. The van der Waals surface area contributed by atoms with E-state index in [2.05, 4.69) is 21.1 Å². The maximum atomic E-state index is 12.2. The molecule has 0 radical (unpaired) electrons. The van der Waals surface area contributed by atoms with Crippen molar-refractivity contribution in [2.45, 2.75) is 38.9 Å². The minimum absolute atomic E-state index is 0.238. The Morgan fingerprint density at radius 1 is 0.587 bits per heavy atom. The molecule has 0 aliphatic rings. The molecule has 46 heavy (non-hydrogen) atoms. The highest BCUT2D eigenvalue weighted by atomic mass is 16.5. The fourth-order valence-electron chi connectivity index (χ4n) is 4.28. The van der Waals surface area contributed by atoms with Crippen molar-refractivity contribution in [1.29, 1.82) is 0 Å². The van der Waals surface area contributed by atoms with Gasteiger partial charge in [-0.05, 0) is 71.5 Å². The molecular weight excluding hydrogens is 584 g/mol. The third-order valence-electron chi connectivity index (χ3n) is 6.71. The quantitative estimate of drug-likeness (QED) is 0.0844. The van der Waals surface area contributed by atoms with Crippen molar-refractivity contribution in [3.05, 3.63) is 119 Å². The van der Waals surface area contributed by atoms with Crippen LogP contribution >= 0.6 is 0 Å². The lowest BCUT2D eigenvalue weighted by Crippen LogP contribution is -2.19. The molecule has 2 N–H and O–H groups in total. The van der Waals surface area contributed by atoms with E-state index in [0.29, 0.717) is 49.1 Å². The molecule has 10 nitrogen and oxygen atoms in total. The number of carbonyl (C=O) groups is 2. The minimum Gasteiger partial charge on any atom is -0.493 e. The molecule has 0 fully saturated rings. The zero-order valence-corrected chi connectivity index (χ0v) is 26.0. The Bertz CT molecular complexity index is 1490. The highest BCUT2D eigenvalue weighted by molar-refractivity contribution is 5.84. The number of benzene rings is 4. The summed E-state index contributed by atoms with van der Waals surface area (Å²) in [5.74, 6) is 1.87. The van der Waals surface area contributed by atoms with E-state index in [-0.39, 0.29) is 24.7 Å². The summed E-state index contributed by atoms with van der Waals surface area (Å²) in [5.41, 5.74) is 8.62. The number of unbranched alkanes of at least 4 members (excludes halogenated alkanes) is 1. The van der Waals surface area contributed by atoms with Gasteiger partial charge in [0.05, 0.1) is 26.6 Å². The maximum absolute atomic E-state index is 12.2. The Hall–Kier alpha value is -5.64. The van der Waals surface area contributed by atoms with Gasteiger partial charge >= 0.3 is 0 Å². The maximum Gasteiger partial charge on any atom is 0.240 e. The largest absolute Gasteiger partial charge is 0.493 e. The van der Waals surface area contributed by atoms with E-state index in [0.717, 1.165) is 22.3 Å². The van der Waals surface area contributed by atoms with Gasteiger partial charge in [-0.25, -0.2) is 10.9 Å². The number of ether oxygens (including phenoxy) is 4. The van der Waals surface area contributed by atoms with Gasteiger partial charge in [0.15, 0.2) is 23.0 Å². The Labute approximate surface area is 269 Å². The van der Waals surface area contributed by atoms with Crippen LogP contribution < -0.4 is 29.8 Å². The molecule has 4 rings (SSSR count). The van der Waals surface area contributed by atoms with Crippen LogP contribution in [0.4, 0.5) is 0 Å². The number of hydrazone groups is 2. The van der Waals surface area contributed by atoms with Crippen LogP contribution in [0.15, 0.2) is 107 Å². The first kappa shape index (κ1) is 33.3. The second-order valence-electron chi connectivity index (χ2n) is 10.2. The molecule has 238 valence electrons. The third-order valence-corrected chi connectivity index (χ3v) is 6.71. The number of rotatable bonds is 17. The van der Waals surface area contributed by atoms with Crippen LogP contribution in [0.1, 0.15) is 47.9 Å². The fourth-order valence-corrected chi connectivity index (χ4v) is 4.28. The second-order valence-corrected chi connectivity index (χ2v) is 10.2. The van der Waals surface area contributed by atoms with Crippen molar-refractivity contribution in [3.8, 4) is 23.0 Å². The van der Waals surface area contributed by atoms with Crippen LogP contribution in [-0.2, 0) is 22.8 Å². The smallest absolute Gasteiger partial charge is 0.240 e. The normalized spacial score (nSPS) is 10.9. The molecule has 0 aliphatic heterocycles. The van der Waals surface area contributed by atoms with Crippen molar-refractivity contribution in [2.24, 2.45) is 10.2 Å². The first-order valence-corrected chi connectivity index (χ1v) is 14.9. The summed E-state index contributed by atoms with van der Waals surface area (Å²) < 4.78 is 22.6. The van der Waals surface area contributed by atoms with E-state index in [1.54, 1.807) is 38.5 Å². The number of nitrogens with one attached hydrogen (secondary N) is 2. The molecule has 4 aromatic carbocycles. The third kappa shape index (κ3) is 11.1. The van der Waals surface area contributed by atoms with Crippen LogP contribution in [0.5, 0.6) is 23.0 Å². The van der Waals surface area contributed by atoms with Crippen molar-refractivity contribution in [3.63, 3.8) is 0 Å². The second kappa shape index (κ2) is 18.2. The topological polar surface area (TPSA) is 120 Å². The van der Waals surface area contributed by atoms with Gasteiger partial charge in [0.1, 0.15) is 13.2 Å². The monoisotopic (exact) mass is 622 g/mol. The van der Waals surface area contributed by atoms with Gasteiger partial charge < -0.3 is 18.9 Å². The molecule has 0 aromatic heterocycles. The zero-order chi connectivity index (χ0) is 32.4. The van der Waals surface area contributed by atoms with Gasteiger partial charge in [0, 0.05) is 12.8 Å². The minimum atomic E-state index is -0.241. The zero-order valence-electron chi connectivity index (χ0n) is 26.0. The Morgan fingerprint density at radius 2 is 1.00 bits per heavy atom. The van der Waals surface area contributed by atoms with Gasteiger partial charge in [-0.1, -0.05) is 60.7 Å². The highest BCUT2D eigenvalue weighted by Gasteiger charge is 2.08. The molecule has 0 aliphatic carbocycles. The predicted octanol–water partition coefficient (Wildman–Crippen LogP) is 6.02. The Balaban J connectivity index is 1.12. The summed E-state index contributed by atoms with van der Waals surface area (Å²) in [5, 5.41) is 8.06. The van der Waals surface area contributed by atoms with E-state index in [1.807, 2.05) is 72.8 Å². The lowest BCUT2D eigenvalue weighted by Gasteiger charge is -2.11. The number of hydrogen-bond donors (Lipinski definition) is 2. The number of nitrogens with zero attached hydrogens (tertiary/aromatic N) is 2. The lowest BCUT2D eigenvalue weighted by atomic mass is 10.2. The molecule has 0 bridgehead atoms. The molecular formula is C36H38N4O6. The van der Waals surface area contributed by atoms with Crippen molar-refractivity contribution >= 4 is 24.2 Å². The van der Waals surface area contributed by atoms with Crippen molar-refractivity contribution < 1.29 is 28.5 Å². The highest BCUT2D eigenvalue weighted by Crippen LogP contribution is 2.29. The van der Waals surface area contributed by atoms with Crippen LogP contribution in [0.3, 0.4) is 0 Å². The summed E-state index contributed by atoms with van der Waals surface area (Å²) in [6.07, 6.45) is 4.61. The van der Waals surface area contributed by atoms with Crippen molar-refractivity contribution in [1.82, 2.24) is 10.9 Å². The van der Waals surface area contributed by atoms with E-state index in [1.165, 1.54) is 12.4 Å². The summed E-state index contributed by atoms with van der Waals surface area (Å²) >= 11 is 0. The summed E-state index contributed by atoms with van der Waals surface area (Å²) in [7, 11) is 3.14. The van der Waals surface area contributed by atoms with Gasteiger partial charge in [0.2, 0.25) is 11.8 Å². The Kier molecular flexibility index (Phi) is 13.2. The summed E-state index contributed by atoms with van der Waals surface area (Å²) in [6.45, 7) is 0.845. The van der Waals surface area contributed by atoms with E-state index >= 15 is 0 Å². The van der Waals surface area contributed by atoms with Crippen molar-refractivity contribution in [2.75, 3.05) is 14.2 Å². The molecule has 0 saturated carbocycles. The molecule has 10 heteroatoms. The predicted molar refractivity (Wildman–Crippen MR) is 177 cm³/mol. The first-order valence-electron chi connectivity index (χ1n) is 14.9. The average molecular weight is 623 g/mol. The van der Waals surface area contributed by atoms with Crippen LogP contribution in [-0.4, -0.2) is 38.5 Å². The average Bonchev–Trinajstić information content (AvgIpc) is 3.09. The van der Waals surface area contributed by atoms with E-state index < -0.39 is 0 Å². The number of amides is 2. The van der Waals surface area contributed by atoms with Gasteiger partial charge in [0.25, 0.3) is 0 Å². The molecule has 0 saturated heterocycles. The number of hydrogen-bond acceptors (Lipinski definition) is 8. The van der Waals surface area contributed by atoms with Crippen LogP contribution in [0, 0.1) is 0 Å². The SMILES string of the molecule is COc1cc(C=NNC(=O)CCCCC(=O)NN=Cc2ccc(OCc3ccccc3)c(OC)c2)ccc1OCc1ccccc1. The molecule has 0 atom stereocenters. The number of methoxy groups -OCH3 is 2. The summed E-state index contributed by atoms with van der Waals surface area (Å²) in [4.78, 5) is 24.4. The van der Waals surface area contributed by atoms with Gasteiger partial charge in [-0.2, -0.15) is 10.2 Å². The summed E-state index contributed by atoms with van der Waals surface area (Å²) in [6, 6.07) is 30.5. The molecule has 0 unspecified atom stereocenters. The molecule has 4 aromatic rings. The van der Waals surface area contributed by atoms with Crippen LogP contribution in [0.25, 0.3) is 0 Å². The molecule has 0 heterocycles. The lowest BCUT2D eigenvalue weighted by molar-refractivity contribution is -0.123. The molecule has 2 amide bonds. The van der Waals surface area contributed by atoms with Crippen LogP contribution in [0.2, 0.25) is 0 Å². The fraction of sp³-hybridized carbons (Fsp3) is 0.222. The number of carbonyl (C=O) groups excluding carboxylic acids is 2. The molecule has 0 spiro atoms. The van der Waals surface area contributed by atoms with Gasteiger partial charge in [-0.15, -0.1) is 0 Å².